The number of rotatable bonds is 6. The van der Waals surface area contributed by atoms with Gasteiger partial charge in [-0.1, -0.05) is 17.7 Å². The molecule has 1 rings (SSSR count). The lowest BCUT2D eigenvalue weighted by Gasteiger charge is -2.19. The Kier molecular flexibility index (Phi) is 6.15. The summed E-state index contributed by atoms with van der Waals surface area (Å²) in [7, 11) is 1.53. The standard InChI is InChI=1S/C14H22N2O3/c1-5-19-13-7-6-10(2)8-12(13)11(3)16-14(17)15-9-18-4/h6-8,11H,5,9H2,1-4H3,(H2,15,16,17). The van der Waals surface area contributed by atoms with Crippen molar-refractivity contribution in [1.29, 1.82) is 0 Å². The van der Waals surface area contributed by atoms with Crippen LogP contribution in [0, 0.1) is 6.92 Å². The van der Waals surface area contributed by atoms with Gasteiger partial charge in [0.15, 0.2) is 0 Å². The van der Waals surface area contributed by atoms with Crippen LogP contribution in [0.5, 0.6) is 5.75 Å². The molecule has 2 amide bonds. The first-order valence-corrected chi connectivity index (χ1v) is 6.35. The highest BCUT2D eigenvalue weighted by atomic mass is 16.5. The summed E-state index contributed by atoms with van der Waals surface area (Å²) >= 11 is 0. The van der Waals surface area contributed by atoms with Crippen molar-refractivity contribution >= 4 is 6.03 Å². The topological polar surface area (TPSA) is 59.6 Å². The molecule has 0 fully saturated rings. The third-order valence-electron chi connectivity index (χ3n) is 2.66. The predicted octanol–water partition coefficient (Wildman–Crippen LogP) is 2.36. The zero-order chi connectivity index (χ0) is 14.3. The van der Waals surface area contributed by atoms with Gasteiger partial charge in [0.25, 0.3) is 0 Å². The van der Waals surface area contributed by atoms with Gasteiger partial charge in [0.2, 0.25) is 0 Å². The van der Waals surface area contributed by atoms with Gasteiger partial charge in [-0.2, -0.15) is 0 Å². The first-order valence-electron chi connectivity index (χ1n) is 6.35. The van der Waals surface area contributed by atoms with Crippen LogP contribution in [0.1, 0.15) is 31.0 Å². The van der Waals surface area contributed by atoms with Crippen molar-refractivity contribution in [3.8, 4) is 5.75 Å². The number of nitrogens with one attached hydrogen (secondary N) is 2. The highest BCUT2D eigenvalue weighted by Gasteiger charge is 2.14. The third-order valence-corrected chi connectivity index (χ3v) is 2.66. The Morgan fingerprint density at radius 1 is 1.42 bits per heavy atom. The van der Waals surface area contributed by atoms with Crippen LogP contribution in [-0.2, 0) is 4.74 Å². The minimum Gasteiger partial charge on any atom is -0.494 e. The van der Waals surface area contributed by atoms with Crippen LogP contribution in [0.25, 0.3) is 0 Å². The van der Waals surface area contributed by atoms with Crippen LogP contribution >= 0.6 is 0 Å². The molecule has 1 atom stereocenters. The quantitative estimate of drug-likeness (QED) is 0.777. The fraction of sp³-hybridized carbons (Fsp3) is 0.500. The Morgan fingerprint density at radius 2 is 2.16 bits per heavy atom. The average Bonchev–Trinajstić information content (AvgIpc) is 2.38. The van der Waals surface area contributed by atoms with Crippen molar-refractivity contribution in [1.82, 2.24) is 10.6 Å². The van der Waals surface area contributed by atoms with E-state index >= 15 is 0 Å². The van der Waals surface area contributed by atoms with E-state index < -0.39 is 0 Å². The second-order valence-electron chi connectivity index (χ2n) is 4.28. The highest BCUT2D eigenvalue weighted by molar-refractivity contribution is 5.74. The van der Waals surface area contributed by atoms with E-state index in [1.807, 2.05) is 39.0 Å². The number of hydrogen-bond acceptors (Lipinski definition) is 3. The molecule has 0 bridgehead atoms. The van der Waals surface area contributed by atoms with E-state index in [0.717, 1.165) is 16.9 Å². The maximum Gasteiger partial charge on any atom is 0.317 e. The lowest BCUT2D eigenvalue weighted by molar-refractivity contribution is 0.171. The lowest BCUT2D eigenvalue weighted by atomic mass is 10.0. The summed E-state index contributed by atoms with van der Waals surface area (Å²) in [4.78, 5) is 11.6. The number of methoxy groups -OCH3 is 1. The van der Waals surface area contributed by atoms with Crippen LogP contribution in [-0.4, -0.2) is 26.5 Å². The Labute approximate surface area is 114 Å². The van der Waals surface area contributed by atoms with Gasteiger partial charge >= 0.3 is 6.03 Å². The molecule has 0 radical (unpaired) electrons. The fourth-order valence-corrected chi connectivity index (χ4v) is 1.76. The molecule has 0 saturated heterocycles. The van der Waals surface area contributed by atoms with Crippen molar-refractivity contribution in [2.24, 2.45) is 0 Å². The molecule has 0 aliphatic carbocycles. The normalized spacial score (nSPS) is 11.8. The number of benzene rings is 1. The second kappa shape index (κ2) is 7.63. The van der Waals surface area contributed by atoms with E-state index in [0.29, 0.717) is 6.61 Å². The van der Waals surface area contributed by atoms with E-state index in [4.69, 9.17) is 9.47 Å². The second-order valence-corrected chi connectivity index (χ2v) is 4.28. The van der Waals surface area contributed by atoms with E-state index in [1.54, 1.807) is 0 Å². The molecule has 0 heterocycles. The molecule has 0 aromatic heterocycles. The fourth-order valence-electron chi connectivity index (χ4n) is 1.76. The van der Waals surface area contributed by atoms with Crippen LogP contribution in [0.4, 0.5) is 4.79 Å². The highest BCUT2D eigenvalue weighted by Crippen LogP contribution is 2.26. The molecule has 19 heavy (non-hydrogen) atoms. The molecule has 106 valence electrons. The molecule has 0 saturated carbocycles. The van der Waals surface area contributed by atoms with Crippen LogP contribution in [0.3, 0.4) is 0 Å². The molecule has 2 N–H and O–H groups in total. The van der Waals surface area contributed by atoms with Gasteiger partial charge in [-0.3, -0.25) is 0 Å². The van der Waals surface area contributed by atoms with Gasteiger partial charge in [-0.15, -0.1) is 0 Å². The summed E-state index contributed by atoms with van der Waals surface area (Å²) in [5.74, 6) is 0.799. The van der Waals surface area contributed by atoms with E-state index in [2.05, 4.69) is 10.6 Å². The molecule has 1 aromatic rings. The summed E-state index contributed by atoms with van der Waals surface area (Å²) < 4.78 is 10.4. The first kappa shape index (κ1) is 15.3. The van der Waals surface area contributed by atoms with E-state index in [9.17, 15) is 4.79 Å². The number of urea groups is 1. The maximum atomic E-state index is 11.6. The number of carbonyl (C=O) groups is 1. The third kappa shape index (κ3) is 4.79. The largest absolute Gasteiger partial charge is 0.494 e. The van der Waals surface area contributed by atoms with E-state index in [1.165, 1.54) is 7.11 Å². The van der Waals surface area contributed by atoms with E-state index in [-0.39, 0.29) is 18.8 Å². The monoisotopic (exact) mass is 266 g/mol. The summed E-state index contributed by atoms with van der Waals surface area (Å²) in [5, 5.41) is 5.43. The minimum absolute atomic E-state index is 0.140. The number of ether oxygens (including phenoxy) is 2. The van der Waals surface area contributed by atoms with Crippen molar-refractivity contribution in [3.63, 3.8) is 0 Å². The van der Waals surface area contributed by atoms with Crippen molar-refractivity contribution in [3.05, 3.63) is 29.3 Å². The Balaban J connectivity index is 2.76. The van der Waals surface area contributed by atoms with Gasteiger partial charge in [0.1, 0.15) is 12.5 Å². The summed E-state index contributed by atoms with van der Waals surface area (Å²) in [5.41, 5.74) is 2.10. The number of aryl methyl sites for hydroxylation is 1. The smallest absolute Gasteiger partial charge is 0.317 e. The van der Waals surface area contributed by atoms with Crippen LogP contribution < -0.4 is 15.4 Å². The van der Waals surface area contributed by atoms with Crippen LogP contribution in [0.2, 0.25) is 0 Å². The van der Waals surface area contributed by atoms with Gasteiger partial charge in [0.05, 0.1) is 12.6 Å². The zero-order valence-electron chi connectivity index (χ0n) is 11.9. The molecule has 1 unspecified atom stereocenters. The average molecular weight is 266 g/mol. The maximum absolute atomic E-state index is 11.6. The van der Waals surface area contributed by atoms with Gasteiger partial charge in [-0.25, -0.2) is 4.79 Å². The molecule has 0 aliphatic rings. The van der Waals surface area contributed by atoms with Crippen molar-refractivity contribution in [2.45, 2.75) is 26.8 Å². The molecule has 0 aliphatic heterocycles. The Morgan fingerprint density at radius 3 is 2.79 bits per heavy atom. The first-order chi connectivity index (χ1) is 9.08. The number of amides is 2. The predicted molar refractivity (Wildman–Crippen MR) is 74.3 cm³/mol. The molecule has 1 aromatic carbocycles. The van der Waals surface area contributed by atoms with Crippen molar-refractivity contribution in [2.75, 3.05) is 20.4 Å². The molecule has 5 nitrogen and oxygen atoms in total. The summed E-state index contributed by atoms with van der Waals surface area (Å²) in [6.45, 7) is 6.65. The minimum atomic E-state index is -0.265. The summed E-state index contributed by atoms with van der Waals surface area (Å²) in [6, 6.07) is 5.54. The lowest BCUT2D eigenvalue weighted by Crippen LogP contribution is -2.38. The molecular weight excluding hydrogens is 244 g/mol. The van der Waals surface area contributed by atoms with Crippen molar-refractivity contribution < 1.29 is 14.3 Å². The van der Waals surface area contributed by atoms with Gasteiger partial charge < -0.3 is 20.1 Å². The SMILES string of the molecule is CCOc1ccc(C)cc1C(C)NC(=O)NCOC. The summed E-state index contributed by atoms with van der Waals surface area (Å²) in [6.07, 6.45) is 0. The van der Waals surface area contributed by atoms with Gasteiger partial charge in [-0.05, 0) is 26.8 Å². The van der Waals surface area contributed by atoms with Crippen LogP contribution in [0.15, 0.2) is 18.2 Å². The molecular formula is C14H22N2O3. The zero-order valence-corrected chi connectivity index (χ0v) is 11.9. The molecule has 0 spiro atoms. The number of carbonyl (C=O) groups excluding carboxylic acids is 1. The molecule has 5 heteroatoms. The van der Waals surface area contributed by atoms with Gasteiger partial charge in [0, 0.05) is 12.7 Å². The Bertz CT molecular complexity index is 421. The Hall–Kier alpha value is -1.75. The number of hydrogen-bond donors (Lipinski definition) is 2.